The number of nitrogens with one attached hydrogen (secondary N) is 1. The molecule has 0 aromatic heterocycles. The quantitative estimate of drug-likeness (QED) is 0.442. The molecular weight excluding hydrogens is 158 g/mol. The Labute approximate surface area is 82.3 Å². The molecule has 0 aliphatic carbocycles. The van der Waals surface area contributed by atoms with Gasteiger partial charge in [-0.2, -0.15) is 0 Å². The Morgan fingerprint density at radius 1 is 0.769 bits per heavy atom. The fourth-order valence-corrected chi connectivity index (χ4v) is 1.08. The normalized spacial score (nSPS) is 9.08. The predicted octanol–water partition coefficient (Wildman–Crippen LogP) is 2.18. The number of hydrogen-bond acceptors (Lipinski definition) is 1. The van der Waals surface area contributed by atoms with Crippen LogP contribution in [0.3, 0.4) is 0 Å². The van der Waals surface area contributed by atoms with Gasteiger partial charge in [-0.25, -0.2) is 0 Å². The lowest BCUT2D eigenvalue weighted by Crippen LogP contribution is -2.16. The molecule has 0 aliphatic heterocycles. The van der Waals surface area contributed by atoms with Crippen molar-refractivity contribution in [3.8, 4) is 24.7 Å². The van der Waals surface area contributed by atoms with E-state index in [4.69, 9.17) is 12.8 Å². The topological polar surface area (TPSA) is 12.0 Å². The van der Waals surface area contributed by atoms with E-state index in [1.165, 1.54) is 12.8 Å². The monoisotopic (exact) mass is 177 g/mol. The van der Waals surface area contributed by atoms with Crippen molar-refractivity contribution in [2.24, 2.45) is 0 Å². The van der Waals surface area contributed by atoms with Crippen LogP contribution >= 0.6 is 0 Å². The van der Waals surface area contributed by atoms with Gasteiger partial charge < -0.3 is 5.32 Å². The first-order valence-electron chi connectivity index (χ1n) is 4.99. The molecule has 0 aromatic carbocycles. The average molecular weight is 177 g/mol. The molecule has 0 saturated carbocycles. The summed E-state index contributed by atoms with van der Waals surface area (Å²) in [6, 6.07) is 0. The van der Waals surface area contributed by atoms with Crippen LogP contribution in [0.2, 0.25) is 0 Å². The van der Waals surface area contributed by atoms with Crippen LogP contribution in [0.5, 0.6) is 0 Å². The van der Waals surface area contributed by atoms with Gasteiger partial charge >= 0.3 is 0 Å². The average Bonchev–Trinajstić information content (AvgIpc) is 2.16. The van der Waals surface area contributed by atoms with Gasteiger partial charge in [0.15, 0.2) is 0 Å². The van der Waals surface area contributed by atoms with Gasteiger partial charge in [0.05, 0.1) is 0 Å². The molecule has 0 radical (unpaired) electrons. The van der Waals surface area contributed by atoms with Gasteiger partial charge in [0.2, 0.25) is 0 Å². The Kier molecular flexibility index (Phi) is 10.3. The molecule has 72 valence electrons. The second-order valence-corrected chi connectivity index (χ2v) is 3.07. The van der Waals surface area contributed by atoms with E-state index in [1.807, 2.05) is 0 Å². The molecule has 0 aliphatic rings. The van der Waals surface area contributed by atoms with Gasteiger partial charge in [-0.15, -0.1) is 24.7 Å². The standard InChI is InChI=1S/C12H19N/c1-3-5-7-9-11-13-12-10-8-6-4-2/h1-2,13H,5-12H2. The number of rotatable bonds is 8. The molecule has 1 N–H and O–H groups in total. The van der Waals surface area contributed by atoms with Crippen molar-refractivity contribution in [2.45, 2.75) is 38.5 Å². The van der Waals surface area contributed by atoms with Crippen LogP contribution in [0.4, 0.5) is 0 Å². The lowest BCUT2D eigenvalue weighted by atomic mass is 10.2. The van der Waals surface area contributed by atoms with E-state index in [1.54, 1.807) is 0 Å². The van der Waals surface area contributed by atoms with Crippen molar-refractivity contribution in [3.63, 3.8) is 0 Å². The maximum absolute atomic E-state index is 5.14. The highest BCUT2D eigenvalue weighted by Crippen LogP contribution is 1.93. The molecule has 0 unspecified atom stereocenters. The molecule has 0 amide bonds. The number of terminal acetylenes is 2. The van der Waals surface area contributed by atoms with Crippen LogP contribution in [-0.2, 0) is 0 Å². The summed E-state index contributed by atoms with van der Waals surface area (Å²) in [5.74, 6) is 5.27. The summed E-state index contributed by atoms with van der Waals surface area (Å²) in [6.45, 7) is 2.16. The maximum Gasteiger partial charge on any atom is 0.00865 e. The first-order valence-corrected chi connectivity index (χ1v) is 4.99. The second-order valence-electron chi connectivity index (χ2n) is 3.07. The Morgan fingerprint density at radius 3 is 1.62 bits per heavy atom. The van der Waals surface area contributed by atoms with Crippen molar-refractivity contribution in [3.05, 3.63) is 0 Å². The van der Waals surface area contributed by atoms with E-state index in [9.17, 15) is 0 Å². The molecule has 0 rings (SSSR count). The molecule has 0 heterocycles. The highest BCUT2D eigenvalue weighted by atomic mass is 14.8. The fraction of sp³-hybridized carbons (Fsp3) is 0.667. The molecule has 13 heavy (non-hydrogen) atoms. The van der Waals surface area contributed by atoms with E-state index >= 15 is 0 Å². The first-order chi connectivity index (χ1) is 6.41. The minimum atomic E-state index is 0.902. The zero-order valence-corrected chi connectivity index (χ0v) is 8.31. The van der Waals surface area contributed by atoms with Crippen LogP contribution in [-0.4, -0.2) is 13.1 Å². The molecule has 0 saturated heterocycles. The van der Waals surface area contributed by atoms with Crippen molar-refractivity contribution in [1.29, 1.82) is 0 Å². The van der Waals surface area contributed by atoms with Crippen molar-refractivity contribution >= 4 is 0 Å². The van der Waals surface area contributed by atoms with Crippen LogP contribution in [0, 0.1) is 24.7 Å². The lowest BCUT2D eigenvalue weighted by molar-refractivity contribution is 0.597. The van der Waals surface area contributed by atoms with Gasteiger partial charge in [0.1, 0.15) is 0 Å². The van der Waals surface area contributed by atoms with E-state index in [0.29, 0.717) is 0 Å². The molecule has 1 nitrogen and oxygen atoms in total. The SMILES string of the molecule is C#CCCCCNCCCCC#C. The first kappa shape index (κ1) is 12.1. The van der Waals surface area contributed by atoms with Crippen LogP contribution < -0.4 is 5.32 Å². The van der Waals surface area contributed by atoms with Gasteiger partial charge in [0.25, 0.3) is 0 Å². The summed E-state index contributed by atoms with van der Waals surface area (Å²) in [6.07, 6.45) is 16.7. The minimum Gasteiger partial charge on any atom is -0.317 e. The number of hydrogen-bond donors (Lipinski definition) is 1. The Morgan fingerprint density at radius 2 is 1.23 bits per heavy atom. The summed E-state index contributed by atoms with van der Waals surface area (Å²) in [7, 11) is 0. The van der Waals surface area contributed by atoms with Gasteiger partial charge in [-0.05, 0) is 38.8 Å². The van der Waals surface area contributed by atoms with E-state index in [-0.39, 0.29) is 0 Å². The summed E-state index contributed by atoms with van der Waals surface area (Å²) >= 11 is 0. The molecule has 0 aromatic rings. The second kappa shape index (κ2) is 11.1. The van der Waals surface area contributed by atoms with E-state index in [2.05, 4.69) is 17.2 Å². The summed E-state index contributed by atoms with van der Waals surface area (Å²) in [5.41, 5.74) is 0. The molecule has 0 spiro atoms. The summed E-state index contributed by atoms with van der Waals surface area (Å²) in [5, 5.41) is 3.37. The van der Waals surface area contributed by atoms with Gasteiger partial charge in [0, 0.05) is 12.8 Å². The zero-order chi connectivity index (χ0) is 9.78. The minimum absolute atomic E-state index is 0.902. The fourth-order valence-electron chi connectivity index (χ4n) is 1.08. The van der Waals surface area contributed by atoms with Crippen molar-refractivity contribution in [1.82, 2.24) is 5.32 Å². The van der Waals surface area contributed by atoms with Gasteiger partial charge in [-0.1, -0.05) is 0 Å². The molecule has 0 atom stereocenters. The van der Waals surface area contributed by atoms with E-state index in [0.717, 1.165) is 38.8 Å². The van der Waals surface area contributed by atoms with Crippen LogP contribution in [0.25, 0.3) is 0 Å². The third kappa shape index (κ3) is 11.1. The Bertz CT molecular complexity index is 151. The van der Waals surface area contributed by atoms with Crippen molar-refractivity contribution < 1.29 is 0 Å². The highest BCUT2D eigenvalue weighted by molar-refractivity contribution is 4.83. The Balaban J connectivity index is 2.85. The lowest BCUT2D eigenvalue weighted by Gasteiger charge is -2.02. The molecule has 0 fully saturated rings. The Hall–Kier alpha value is -0.920. The maximum atomic E-state index is 5.14. The number of unbranched alkanes of at least 4 members (excludes halogenated alkanes) is 4. The summed E-state index contributed by atoms with van der Waals surface area (Å²) in [4.78, 5) is 0. The van der Waals surface area contributed by atoms with Crippen LogP contribution in [0.15, 0.2) is 0 Å². The molecular formula is C12H19N. The smallest absolute Gasteiger partial charge is 0.00865 e. The summed E-state index contributed by atoms with van der Waals surface area (Å²) < 4.78 is 0. The highest BCUT2D eigenvalue weighted by Gasteiger charge is 1.88. The molecule has 1 heteroatoms. The zero-order valence-electron chi connectivity index (χ0n) is 8.31. The largest absolute Gasteiger partial charge is 0.317 e. The molecule has 0 bridgehead atoms. The third-order valence-electron chi connectivity index (χ3n) is 1.85. The van der Waals surface area contributed by atoms with Crippen LogP contribution in [0.1, 0.15) is 38.5 Å². The van der Waals surface area contributed by atoms with E-state index < -0.39 is 0 Å². The predicted molar refractivity (Wildman–Crippen MR) is 58.2 cm³/mol. The van der Waals surface area contributed by atoms with Crippen molar-refractivity contribution in [2.75, 3.05) is 13.1 Å². The third-order valence-corrected chi connectivity index (χ3v) is 1.85. The van der Waals surface area contributed by atoms with Gasteiger partial charge in [-0.3, -0.25) is 0 Å².